The highest BCUT2D eigenvalue weighted by molar-refractivity contribution is 7.99. The largest absolute Gasteiger partial charge is 0.486 e. The summed E-state index contributed by atoms with van der Waals surface area (Å²) in [4.78, 5) is 11.8. The topological polar surface area (TPSA) is 35.5 Å². The molecule has 0 spiro atoms. The van der Waals surface area contributed by atoms with Crippen molar-refractivity contribution in [3.8, 4) is 11.5 Å². The van der Waals surface area contributed by atoms with Gasteiger partial charge >= 0.3 is 0 Å². The summed E-state index contributed by atoms with van der Waals surface area (Å²) < 4.78 is 10.8. The van der Waals surface area contributed by atoms with Crippen molar-refractivity contribution in [2.75, 3.05) is 24.7 Å². The molecule has 0 atom stereocenters. The number of rotatable bonds is 4. The first kappa shape index (κ1) is 11.3. The van der Waals surface area contributed by atoms with E-state index < -0.39 is 0 Å². The molecule has 1 heterocycles. The monoisotopic (exact) mass is 238 g/mol. The lowest BCUT2D eigenvalue weighted by atomic mass is 10.1. The first-order valence-corrected chi connectivity index (χ1v) is 6.47. The zero-order valence-corrected chi connectivity index (χ0v) is 10.0. The third-order valence-corrected chi connectivity index (χ3v) is 3.18. The molecule has 1 aromatic rings. The molecule has 0 amide bonds. The Kier molecular flexibility index (Phi) is 3.72. The molecule has 4 heteroatoms. The number of ether oxygens (including phenoxy) is 2. The van der Waals surface area contributed by atoms with Crippen molar-refractivity contribution in [1.29, 1.82) is 0 Å². The van der Waals surface area contributed by atoms with Crippen LogP contribution in [0.2, 0.25) is 0 Å². The molecule has 0 N–H and O–H groups in total. The zero-order chi connectivity index (χ0) is 11.4. The number of carbonyl (C=O) groups is 1. The van der Waals surface area contributed by atoms with E-state index in [4.69, 9.17) is 9.47 Å². The number of carbonyl (C=O) groups excluding carboxylic acids is 1. The number of hydrogen-bond acceptors (Lipinski definition) is 4. The van der Waals surface area contributed by atoms with Gasteiger partial charge in [0.05, 0.1) is 5.75 Å². The maximum atomic E-state index is 11.8. The SMILES string of the molecule is CCSCC(=O)c1ccc2c(c1)OCCO2. The Morgan fingerprint density at radius 3 is 2.81 bits per heavy atom. The summed E-state index contributed by atoms with van der Waals surface area (Å²) in [5.74, 6) is 3.03. The van der Waals surface area contributed by atoms with Gasteiger partial charge in [-0.05, 0) is 24.0 Å². The Morgan fingerprint density at radius 1 is 1.31 bits per heavy atom. The van der Waals surface area contributed by atoms with Crippen LogP contribution in [0.4, 0.5) is 0 Å². The van der Waals surface area contributed by atoms with Gasteiger partial charge in [-0.1, -0.05) is 6.92 Å². The van der Waals surface area contributed by atoms with E-state index in [1.165, 1.54) is 0 Å². The Hall–Kier alpha value is -1.16. The van der Waals surface area contributed by atoms with Crippen molar-refractivity contribution in [1.82, 2.24) is 0 Å². The lowest BCUT2D eigenvalue weighted by Gasteiger charge is -2.18. The summed E-state index contributed by atoms with van der Waals surface area (Å²) >= 11 is 1.63. The van der Waals surface area contributed by atoms with Gasteiger partial charge in [0.2, 0.25) is 0 Å². The summed E-state index contributed by atoms with van der Waals surface area (Å²) in [5, 5.41) is 0. The van der Waals surface area contributed by atoms with Crippen LogP contribution in [0.1, 0.15) is 17.3 Å². The quantitative estimate of drug-likeness (QED) is 0.755. The Labute approximate surface area is 99.1 Å². The van der Waals surface area contributed by atoms with E-state index in [0.717, 1.165) is 11.5 Å². The lowest BCUT2D eigenvalue weighted by molar-refractivity contribution is 0.102. The van der Waals surface area contributed by atoms with Gasteiger partial charge in [-0.15, -0.1) is 0 Å². The van der Waals surface area contributed by atoms with E-state index in [2.05, 4.69) is 0 Å². The van der Waals surface area contributed by atoms with Crippen molar-refractivity contribution < 1.29 is 14.3 Å². The molecule has 0 fully saturated rings. The van der Waals surface area contributed by atoms with Gasteiger partial charge in [-0.25, -0.2) is 0 Å². The predicted octanol–water partition coefficient (Wildman–Crippen LogP) is 2.39. The summed E-state index contributed by atoms with van der Waals surface area (Å²) in [5.41, 5.74) is 0.699. The first-order valence-electron chi connectivity index (χ1n) is 5.32. The third kappa shape index (κ3) is 2.50. The van der Waals surface area contributed by atoms with Crippen LogP contribution in [-0.4, -0.2) is 30.5 Å². The van der Waals surface area contributed by atoms with Gasteiger partial charge in [-0.3, -0.25) is 4.79 Å². The molecule has 2 rings (SSSR count). The van der Waals surface area contributed by atoms with Gasteiger partial charge in [-0.2, -0.15) is 11.8 Å². The first-order chi connectivity index (χ1) is 7.81. The van der Waals surface area contributed by atoms with Crippen LogP contribution in [-0.2, 0) is 0 Å². The number of Topliss-reactive ketones (excluding diaryl/α,β-unsaturated/α-hetero) is 1. The highest BCUT2D eigenvalue weighted by Gasteiger charge is 2.14. The third-order valence-electron chi connectivity index (χ3n) is 2.30. The standard InChI is InChI=1S/C12H14O3S/c1-2-16-8-10(13)9-3-4-11-12(7-9)15-6-5-14-11/h3-4,7H,2,5-6,8H2,1H3. The molecule has 1 aliphatic rings. The predicted molar refractivity (Wildman–Crippen MR) is 64.8 cm³/mol. The van der Waals surface area contributed by atoms with Gasteiger partial charge < -0.3 is 9.47 Å². The summed E-state index contributed by atoms with van der Waals surface area (Å²) in [6.07, 6.45) is 0. The average molecular weight is 238 g/mol. The minimum Gasteiger partial charge on any atom is -0.486 e. The Balaban J connectivity index is 2.13. The van der Waals surface area contributed by atoms with E-state index in [-0.39, 0.29) is 5.78 Å². The fourth-order valence-electron chi connectivity index (χ4n) is 1.49. The normalized spacial score (nSPS) is 13.6. The van der Waals surface area contributed by atoms with Crippen molar-refractivity contribution in [3.63, 3.8) is 0 Å². The van der Waals surface area contributed by atoms with Crippen LogP contribution in [0.25, 0.3) is 0 Å². The lowest BCUT2D eigenvalue weighted by Crippen LogP contribution is -2.16. The molecular formula is C12H14O3S. The van der Waals surface area contributed by atoms with E-state index in [1.54, 1.807) is 30.0 Å². The van der Waals surface area contributed by atoms with Crippen molar-refractivity contribution in [3.05, 3.63) is 23.8 Å². The van der Waals surface area contributed by atoms with Gasteiger partial charge in [0.15, 0.2) is 17.3 Å². The van der Waals surface area contributed by atoms with E-state index >= 15 is 0 Å². The number of benzene rings is 1. The number of fused-ring (bicyclic) bond motifs is 1. The Morgan fingerprint density at radius 2 is 2.06 bits per heavy atom. The molecule has 0 unspecified atom stereocenters. The van der Waals surface area contributed by atoms with Crippen LogP contribution in [0.3, 0.4) is 0 Å². The molecule has 0 aliphatic carbocycles. The molecular weight excluding hydrogens is 224 g/mol. The molecule has 0 bridgehead atoms. The maximum absolute atomic E-state index is 11.8. The zero-order valence-electron chi connectivity index (χ0n) is 9.19. The maximum Gasteiger partial charge on any atom is 0.172 e. The summed E-state index contributed by atoms with van der Waals surface area (Å²) in [7, 11) is 0. The molecule has 16 heavy (non-hydrogen) atoms. The van der Waals surface area contributed by atoms with Crippen LogP contribution in [0, 0.1) is 0 Å². The minimum absolute atomic E-state index is 0.142. The molecule has 1 aromatic carbocycles. The molecule has 0 saturated carbocycles. The fourth-order valence-corrected chi connectivity index (χ4v) is 2.05. The van der Waals surface area contributed by atoms with Crippen molar-refractivity contribution in [2.45, 2.75) is 6.92 Å². The van der Waals surface area contributed by atoms with Gasteiger partial charge in [0.25, 0.3) is 0 Å². The number of hydrogen-bond donors (Lipinski definition) is 0. The van der Waals surface area contributed by atoms with Crippen LogP contribution < -0.4 is 9.47 Å². The second-order valence-electron chi connectivity index (χ2n) is 3.42. The van der Waals surface area contributed by atoms with Gasteiger partial charge in [0.1, 0.15) is 13.2 Å². The van der Waals surface area contributed by atoms with Crippen molar-refractivity contribution >= 4 is 17.5 Å². The van der Waals surface area contributed by atoms with Crippen LogP contribution >= 0.6 is 11.8 Å². The van der Waals surface area contributed by atoms with E-state index in [9.17, 15) is 4.79 Å². The van der Waals surface area contributed by atoms with Gasteiger partial charge in [0, 0.05) is 5.56 Å². The fraction of sp³-hybridized carbons (Fsp3) is 0.417. The molecule has 0 saturated heterocycles. The average Bonchev–Trinajstić information content (AvgIpc) is 2.35. The minimum atomic E-state index is 0.142. The molecule has 0 aromatic heterocycles. The van der Waals surface area contributed by atoms with E-state index in [0.29, 0.717) is 30.3 Å². The number of thioether (sulfide) groups is 1. The summed E-state index contributed by atoms with van der Waals surface area (Å²) in [6.45, 7) is 3.17. The molecule has 3 nitrogen and oxygen atoms in total. The highest BCUT2D eigenvalue weighted by Crippen LogP contribution is 2.31. The Bertz CT molecular complexity index is 390. The van der Waals surface area contributed by atoms with Crippen LogP contribution in [0.15, 0.2) is 18.2 Å². The molecule has 86 valence electrons. The molecule has 0 radical (unpaired) electrons. The highest BCUT2D eigenvalue weighted by atomic mass is 32.2. The van der Waals surface area contributed by atoms with Crippen LogP contribution in [0.5, 0.6) is 11.5 Å². The smallest absolute Gasteiger partial charge is 0.172 e. The molecule has 1 aliphatic heterocycles. The van der Waals surface area contributed by atoms with E-state index in [1.807, 2.05) is 6.92 Å². The summed E-state index contributed by atoms with van der Waals surface area (Å²) in [6, 6.07) is 5.37. The number of ketones is 1. The van der Waals surface area contributed by atoms with Crippen molar-refractivity contribution in [2.24, 2.45) is 0 Å². The second-order valence-corrected chi connectivity index (χ2v) is 4.69. The second kappa shape index (κ2) is 5.25.